The van der Waals surface area contributed by atoms with E-state index in [1.54, 1.807) is 11.1 Å². The van der Waals surface area contributed by atoms with E-state index in [0.717, 1.165) is 11.8 Å². The van der Waals surface area contributed by atoms with E-state index >= 15 is 0 Å². The summed E-state index contributed by atoms with van der Waals surface area (Å²) in [6.45, 7) is 24.3. The Labute approximate surface area is 380 Å². The van der Waals surface area contributed by atoms with Gasteiger partial charge in [0.05, 0.1) is 5.69 Å². The zero-order valence-corrected chi connectivity index (χ0v) is 40.0. The van der Waals surface area contributed by atoms with Crippen molar-refractivity contribution in [1.82, 2.24) is 0 Å². The van der Waals surface area contributed by atoms with Crippen molar-refractivity contribution in [2.24, 2.45) is 22.7 Å². The molecule has 6 aromatic rings. The highest BCUT2D eigenvalue weighted by Crippen LogP contribution is 2.56. The van der Waals surface area contributed by atoms with Crippen LogP contribution in [0.3, 0.4) is 0 Å². The minimum absolute atomic E-state index is 0.0836. The summed E-state index contributed by atoms with van der Waals surface area (Å²) in [5.41, 5.74) is 21.2. The standard InChI is InChI=1S/C62H71N/c1-59(2,3)46-28-22-40(23-29-46)43-36-44(41-24-30-47(31-25-41)60(4,5)6)38-45(37-43)42-26-32-48(33-27-42)63(49-34-35-51-50-16-11-13-18-53(50)62(9,10)56(51)39-49)57-21-15-20-55-58(57)52-17-12-14-19-54(52)61(55,7)8/h11-21,26-27,32-41,46-47H,22-25,28-31H2,1-10H3. The summed E-state index contributed by atoms with van der Waals surface area (Å²) < 4.78 is 0. The van der Waals surface area contributed by atoms with Crippen molar-refractivity contribution >= 4 is 17.1 Å². The molecule has 0 spiro atoms. The van der Waals surface area contributed by atoms with Crippen LogP contribution < -0.4 is 4.90 Å². The van der Waals surface area contributed by atoms with Gasteiger partial charge in [0, 0.05) is 27.8 Å². The smallest absolute Gasteiger partial charge is 0.0543 e. The molecule has 0 heterocycles. The Morgan fingerprint density at radius 3 is 1.46 bits per heavy atom. The van der Waals surface area contributed by atoms with Gasteiger partial charge in [-0.05, 0) is 177 Å². The minimum Gasteiger partial charge on any atom is -0.310 e. The van der Waals surface area contributed by atoms with E-state index in [4.69, 9.17) is 0 Å². The summed E-state index contributed by atoms with van der Waals surface area (Å²) in [7, 11) is 0. The lowest BCUT2D eigenvalue weighted by atomic mass is 9.67. The molecule has 0 bridgehead atoms. The van der Waals surface area contributed by atoms with Gasteiger partial charge in [0.1, 0.15) is 0 Å². The first-order chi connectivity index (χ1) is 30.0. The molecule has 2 fully saturated rings. The number of benzene rings is 6. The monoisotopic (exact) mass is 830 g/mol. The van der Waals surface area contributed by atoms with Crippen molar-refractivity contribution in [3.8, 4) is 33.4 Å². The van der Waals surface area contributed by atoms with Crippen LogP contribution in [0.25, 0.3) is 33.4 Å². The van der Waals surface area contributed by atoms with E-state index in [2.05, 4.69) is 202 Å². The normalized spacial score (nSPS) is 22.2. The van der Waals surface area contributed by atoms with Gasteiger partial charge in [0.15, 0.2) is 0 Å². The predicted molar refractivity (Wildman–Crippen MR) is 270 cm³/mol. The molecule has 0 aromatic heterocycles. The summed E-state index contributed by atoms with van der Waals surface area (Å²) in [4.78, 5) is 2.56. The third-order valence-corrected chi connectivity index (χ3v) is 16.9. The molecule has 0 atom stereocenters. The molecule has 1 heteroatoms. The molecule has 0 unspecified atom stereocenters. The lowest BCUT2D eigenvalue weighted by molar-refractivity contribution is 0.168. The van der Waals surface area contributed by atoms with Gasteiger partial charge in [0.25, 0.3) is 0 Å². The summed E-state index contributed by atoms with van der Waals surface area (Å²) in [5.74, 6) is 2.92. The molecule has 4 aliphatic carbocycles. The highest BCUT2D eigenvalue weighted by Gasteiger charge is 2.40. The van der Waals surface area contributed by atoms with Crippen LogP contribution in [-0.4, -0.2) is 0 Å². The van der Waals surface area contributed by atoms with E-state index in [0.29, 0.717) is 22.7 Å². The zero-order chi connectivity index (χ0) is 44.1. The lowest BCUT2D eigenvalue weighted by Gasteiger charge is -2.38. The van der Waals surface area contributed by atoms with E-state index in [1.165, 1.54) is 124 Å². The Bertz CT molecular complexity index is 2610. The summed E-state index contributed by atoms with van der Waals surface area (Å²) in [6, 6.07) is 49.8. The minimum atomic E-state index is -0.0919. The molecule has 6 aromatic carbocycles. The second kappa shape index (κ2) is 15.4. The molecule has 324 valence electrons. The van der Waals surface area contributed by atoms with Gasteiger partial charge >= 0.3 is 0 Å². The fourth-order valence-electron chi connectivity index (χ4n) is 12.9. The molecule has 4 aliphatic rings. The Balaban J connectivity index is 1.07. The number of fused-ring (bicyclic) bond motifs is 6. The van der Waals surface area contributed by atoms with Crippen molar-refractivity contribution in [2.75, 3.05) is 4.90 Å². The van der Waals surface area contributed by atoms with Crippen LogP contribution in [0.15, 0.2) is 127 Å². The molecule has 0 N–H and O–H groups in total. The topological polar surface area (TPSA) is 3.24 Å². The van der Waals surface area contributed by atoms with Crippen molar-refractivity contribution in [3.63, 3.8) is 0 Å². The largest absolute Gasteiger partial charge is 0.310 e. The maximum Gasteiger partial charge on any atom is 0.0543 e. The predicted octanol–water partition coefficient (Wildman–Crippen LogP) is 18.1. The maximum absolute atomic E-state index is 2.66. The highest BCUT2D eigenvalue weighted by atomic mass is 15.1. The quantitative estimate of drug-likeness (QED) is 0.162. The Morgan fingerprint density at radius 2 is 0.889 bits per heavy atom. The first kappa shape index (κ1) is 42.1. The fourth-order valence-corrected chi connectivity index (χ4v) is 12.9. The average molecular weight is 830 g/mol. The van der Waals surface area contributed by atoms with Crippen molar-refractivity contribution in [3.05, 3.63) is 161 Å². The second-order valence-corrected chi connectivity index (χ2v) is 23.4. The summed E-state index contributed by atoms with van der Waals surface area (Å²) in [6.07, 6.45) is 10.6. The zero-order valence-electron chi connectivity index (χ0n) is 40.0. The van der Waals surface area contributed by atoms with Crippen LogP contribution in [0.4, 0.5) is 17.1 Å². The molecule has 0 amide bonds. The summed E-state index contributed by atoms with van der Waals surface area (Å²) >= 11 is 0. The first-order valence-electron chi connectivity index (χ1n) is 24.5. The van der Waals surface area contributed by atoms with Crippen LogP contribution in [-0.2, 0) is 10.8 Å². The average Bonchev–Trinajstić information content (AvgIpc) is 3.66. The SMILES string of the molecule is CC1(C)c2ccccc2-c2ccc(N(c3ccc(-c4cc(C5CCC(C(C)(C)C)CC5)cc(C5CCC(C(C)(C)C)CC5)c4)cc3)c3cccc4c3-c3ccccc3C4(C)C)cc21. The van der Waals surface area contributed by atoms with Crippen molar-refractivity contribution in [1.29, 1.82) is 0 Å². The first-order valence-corrected chi connectivity index (χ1v) is 24.5. The van der Waals surface area contributed by atoms with Gasteiger partial charge in [-0.1, -0.05) is 166 Å². The van der Waals surface area contributed by atoms with Crippen LogP contribution >= 0.6 is 0 Å². The summed E-state index contributed by atoms with van der Waals surface area (Å²) in [5, 5.41) is 0. The van der Waals surface area contributed by atoms with Crippen molar-refractivity contribution in [2.45, 2.75) is 143 Å². The van der Waals surface area contributed by atoms with Gasteiger partial charge in [-0.15, -0.1) is 0 Å². The van der Waals surface area contributed by atoms with Crippen molar-refractivity contribution < 1.29 is 0 Å². The number of nitrogens with zero attached hydrogens (tertiary/aromatic N) is 1. The molecule has 63 heavy (non-hydrogen) atoms. The van der Waals surface area contributed by atoms with Gasteiger partial charge in [-0.25, -0.2) is 0 Å². The number of anilines is 3. The van der Waals surface area contributed by atoms with Gasteiger partial charge < -0.3 is 4.90 Å². The Morgan fingerprint density at radius 1 is 0.413 bits per heavy atom. The maximum atomic E-state index is 2.66. The van der Waals surface area contributed by atoms with Gasteiger partial charge in [-0.3, -0.25) is 0 Å². The lowest BCUT2D eigenvalue weighted by Crippen LogP contribution is -2.26. The molecule has 1 nitrogen and oxygen atoms in total. The van der Waals surface area contributed by atoms with Gasteiger partial charge in [0.2, 0.25) is 0 Å². The van der Waals surface area contributed by atoms with E-state index in [9.17, 15) is 0 Å². The second-order valence-electron chi connectivity index (χ2n) is 23.4. The number of hydrogen-bond acceptors (Lipinski definition) is 1. The Kier molecular flexibility index (Phi) is 10.3. The van der Waals surface area contributed by atoms with E-state index < -0.39 is 0 Å². The van der Waals surface area contributed by atoms with Gasteiger partial charge in [-0.2, -0.15) is 0 Å². The number of rotatable bonds is 6. The van der Waals surface area contributed by atoms with Crippen LogP contribution in [0, 0.1) is 22.7 Å². The molecule has 0 saturated heterocycles. The molecule has 2 saturated carbocycles. The molecular formula is C62H71N. The third kappa shape index (κ3) is 7.31. The molecule has 0 radical (unpaired) electrons. The van der Waals surface area contributed by atoms with Crippen LogP contribution in [0.2, 0.25) is 0 Å². The fraction of sp³-hybridized carbons (Fsp3) is 0.419. The van der Waals surface area contributed by atoms with E-state index in [1.807, 2.05) is 0 Å². The van der Waals surface area contributed by atoms with E-state index in [-0.39, 0.29) is 10.8 Å². The van der Waals surface area contributed by atoms with Crippen LogP contribution in [0.1, 0.15) is 166 Å². The number of hydrogen-bond donors (Lipinski definition) is 0. The Hall–Kier alpha value is -4.88. The molecular weight excluding hydrogens is 759 g/mol. The highest BCUT2D eigenvalue weighted by molar-refractivity contribution is 5.96. The third-order valence-electron chi connectivity index (χ3n) is 16.9. The van der Waals surface area contributed by atoms with Crippen LogP contribution in [0.5, 0.6) is 0 Å². The molecule has 10 rings (SSSR count). The molecule has 0 aliphatic heterocycles.